The van der Waals surface area contributed by atoms with Gasteiger partial charge in [0.15, 0.2) is 6.10 Å². The summed E-state index contributed by atoms with van der Waals surface area (Å²) >= 11 is 0. The van der Waals surface area contributed by atoms with Gasteiger partial charge in [0, 0.05) is 30.8 Å². The minimum absolute atomic E-state index is 0.0432. The molecule has 0 spiro atoms. The highest BCUT2D eigenvalue weighted by Crippen LogP contribution is 2.36. The SMILES string of the molecule is CC(C)C(=O)Nc1ccc2c(c1)OC(C)C(=O)N2CCN(C)C. The van der Waals surface area contributed by atoms with Crippen LogP contribution in [-0.2, 0) is 9.59 Å². The Hall–Kier alpha value is -2.08. The van der Waals surface area contributed by atoms with Crippen LogP contribution in [0.2, 0.25) is 0 Å². The van der Waals surface area contributed by atoms with Gasteiger partial charge in [0.25, 0.3) is 5.91 Å². The van der Waals surface area contributed by atoms with Gasteiger partial charge >= 0.3 is 0 Å². The number of ether oxygens (including phenoxy) is 1. The summed E-state index contributed by atoms with van der Waals surface area (Å²) in [5, 5.41) is 2.85. The van der Waals surface area contributed by atoms with Crippen molar-refractivity contribution in [3.63, 3.8) is 0 Å². The van der Waals surface area contributed by atoms with Gasteiger partial charge in [-0.1, -0.05) is 13.8 Å². The molecule has 6 nitrogen and oxygen atoms in total. The van der Waals surface area contributed by atoms with Crippen molar-refractivity contribution >= 4 is 23.2 Å². The second-order valence-corrected chi connectivity index (χ2v) is 6.38. The first-order valence-corrected chi connectivity index (χ1v) is 7.87. The predicted octanol–water partition coefficient (Wildman–Crippen LogP) is 1.96. The molecular weight excluding hydrogens is 294 g/mol. The number of carbonyl (C=O) groups excluding carboxylic acids is 2. The molecule has 23 heavy (non-hydrogen) atoms. The molecule has 1 atom stereocenters. The summed E-state index contributed by atoms with van der Waals surface area (Å²) in [5.41, 5.74) is 1.43. The Morgan fingerprint density at radius 2 is 2.09 bits per heavy atom. The van der Waals surface area contributed by atoms with Crippen LogP contribution < -0.4 is 15.0 Å². The molecule has 0 bridgehead atoms. The summed E-state index contributed by atoms with van der Waals surface area (Å²) in [6.45, 7) is 6.79. The third-order valence-corrected chi connectivity index (χ3v) is 3.73. The lowest BCUT2D eigenvalue weighted by Crippen LogP contribution is -2.46. The fraction of sp³-hybridized carbons (Fsp3) is 0.529. The first kappa shape index (κ1) is 17.3. The number of likely N-dealkylation sites (N-methyl/N-ethyl adjacent to an activating group) is 1. The van der Waals surface area contributed by atoms with E-state index in [-0.39, 0.29) is 17.7 Å². The van der Waals surface area contributed by atoms with Crippen LogP contribution >= 0.6 is 0 Å². The first-order valence-electron chi connectivity index (χ1n) is 7.87. The molecule has 0 fully saturated rings. The van der Waals surface area contributed by atoms with E-state index in [4.69, 9.17) is 4.74 Å². The Morgan fingerprint density at radius 1 is 1.39 bits per heavy atom. The van der Waals surface area contributed by atoms with Gasteiger partial charge in [-0.2, -0.15) is 0 Å². The molecule has 0 saturated carbocycles. The normalized spacial score (nSPS) is 17.3. The highest BCUT2D eigenvalue weighted by atomic mass is 16.5. The monoisotopic (exact) mass is 319 g/mol. The van der Waals surface area contributed by atoms with Gasteiger partial charge in [0.2, 0.25) is 5.91 Å². The van der Waals surface area contributed by atoms with Gasteiger partial charge in [0.1, 0.15) is 5.75 Å². The lowest BCUT2D eigenvalue weighted by Gasteiger charge is -2.34. The maximum absolute atomic E-state index is 12.4. The zero-order valence-electron chi connectivity index (χ0n) is 14.4. The Balaban J connectivity index is 2.25. The lowest BCUT2D eigenvalue weighted by atomic mass is 10.1. The molecule has 0 aromatic heterocycles. The quantitative estimate of drug-likeness (QED) is 0.901. The van der Waals surface area contributed by atoms with Crippen molar-refractivity contribution < 1.29 is 14.3 Å². The number of nitrogens with zero attached hydrogens (tertiary/aromatic N) is 2. The number of nitrogens with one attached hydrogen (secondary N) is 1. The van der Waals surface area contributed by atoms with Gasteiger partial charge < -0.3 is 19.9 Å². The van der Waals surface area contributed by atoms with Crippen LogP contribution in [0.5, 0.6) is 5.75 Å². The molecule has 0 radical (unpaired) electrons. The van der Waals surface area contributed by atoms with Crippen molar-refractivity contribution in [3.8, 4) is 5.75 Å². The standard InChI is InChI=1S/C17H25N3O3/c1-11(2)16(21)18-13-6-7-14-15(10-13)23-12(3)17(22)20(14)9-8-19(4)5/h6-7,10-12H,8-9H2,1-5H3,(H,18,21). The predicted molar refractivity (Wildman–Crippen MR) is 90.9 cm³/mol. The van der Waals surface area contributed by atoms with Crippen molar-refractivity contribution in [2.24, 2.45) is 5.92 Å². The van der Waals surface area contributed by atoms with E-state index in [2.05, 4.69) is 5.32 Å². The molecular formula is C17H25N3O3. The Kier molecular flexibility index (Phi) is 5.26. The molecule has 2 amide bonds. The summed E-state index contributed by atoms with van der Waals surface area (Å²) < 4.78 is 5.71. The third kappa shape index (κ3) is 4.01. The number of hydrogen-bond acceptors (Lipinski definition) is 4. The second kappa shape index (κ2) is 7.00. The molecule has 0 aliphatic carbocycles. The molecule has 1 heterocycles. The summed E-state index contributed by atoms with van der Waals surface area (Å²) in [6, 6.07) is 5.40. The van der Waals surface area contributed by atoms with Crippen molar-refractivity contribution in [1.82, 2.24) is 4.90 Å². The van der Waals surface area contributed by atoms with Gasteiger partial charge in [0.05, 0.1) is 5.69 Å². The zero-order valence-corrected chi connectivity index (χ0v) is 14.4. The number of benzene rings is 1. The Morgan fingerprint density at radius 3 is 2.70 bits per heavy atom. The average molecular weight is 319 g/mol. The second-order valence-electron chi connectivity index (χ2n) is 6.38. The van der Waals surface area contributed by atoms with Crippen molar-refractivity contribution in [2.75, 3.05) is 37.4 Å². The maximum Gasteiger partial charge on any atom is 0.267 e. The van der Waals surface area contributed by atoms with E-state index in [0.29, 0.717) is 18.0 Å². The van der Waals surface area contributed by atoms with Crippen LogP contribution in [0.1, 0.15) is 20.8 Å². The van der Waals surface area contributed by atoms with Crippen LogP contribution in [0.25, 0.3) is 0 Å². The van der Waals surface area contributed by atoms with E-state index in [0.717, 1.165) is 12.2 Å². The van der Waals surface area contributed by atoms with Crippen molar-refractivity contribution in [1.29, 1.82) is 0 Å². The van der Waals surface area contributed by atoms with Crippen molar-refractivity contribution in [3.05, 3.63) is 18.2 Å². The van der Waals surface area contributed by atoms with E-state index >= 15 is 0 Å². The number of anilines is 2. The highest BCUT2D eigenvalue weighted by molar-refractivity contribution is 6.00. The van der Waals surface area contributed by atoms with E-state index in [1.165, 1.54) is 0 Å². The van der Waals surface area contributed by atoms with Crippen molar-refractivity contribution in [2.45, 2.75) is 26.9 Å². The molecule has 1 aromatic rings. The number of fused-ring (bicyclic) bond motifs is 1. The molecule has 1 aliphatic rings. The van der Waals surface area contributed by atoms with Crippen LogP contribution in [0, 0.1) is 5.92 Å². The fourth-order valence-corrected chi connectivity index (χ4v) is 2.31. The van der Waals surface area contributed by atoms with E-state index in [9.17, 15) is 9.59 Å². The maximum atomic E-state index is 12.4. The number of hydrogen-bond donors (Lipinski definition) is 1. The molecule has 1 unspecified atom stereocenters. The summed E-state index contributed by atoms with van der Waals surface area (Å²) in [6.07, 6.45) is -0.527. The van der Waals surface area contributed by atoms with Gasteiger partial charge in [-0.25, -0.2) is 0 Å². The molecule has 6 heteroatoms. The topological polar surface area (TPSA) is 61.9 Å². The molecule has 126 valence electrons. The summed E-state index contributed by atoms with van der Waals surface area (Å²) in [4.78, 5) is 28.0. The minimum atomic E-state index is -0.527. The van der Waals surface area contributed by atoms with E-state index < -0.39 is 6.10 Å². The largest absolute Gasteiger partial charge is 0.479 e. The van der Waals surface area contributed by atoms with Crippen LogP contribution in [-0.4, -0.2) is 50.0 Å². The summed E-state index contributed by atoms with van der Waals surface area (Å²) in [7, 11) is 3.94. The molecule has 1 aromatic carbocycles. The van der Waals surface area contributed by atoms with Gasteiger partial charge in [-0.3, -0.25) is 9.59 Å². The van der Waals surface area contributed by atoms with Gasteiger partial charge in [-0.15, -0.1) is 0 Å². The highest BCUT2D eigenvalue weighted by Gasteiger charge is 2.31. The number of carbonyl (C=O) groups is 2. The smallest absolute Gasteiger partial charge is 0.267 e. The van der Waals surface area contributed by atoms with Crippen LogP contribution in [0.3, 0.4) is 0 Å². The number of rotatable bonds is 5. The fourth-order valence-electron chi connectivity index (χ4n) is 2.31. The van der Waals surface area contributed by atoms with E-state index in [1.807, 2.05) is 38.9 Å². The summed E-state index contributed by atoms with van der Waals surface area (Å²) in [5.74, 6) is 0.439. The Bertz CT molecular complexity index is 599. The molecule has 1 N–H and O–H groups in total. The Labute approximate surface area is 137 Å². The zero-order chi connectivity index (χ0) is 17.1. The molecule has 0 saturated heterocycles. The van der Waals surface area contributed by atoms with Gasteiger partial charge in [-0.05, 0) is 33.2 Å². The van der Waals surface area contributed by atoms with Crippen LogP contribution in [0.4, 0.5) is 11.4 Å². The average Bonchev–Trinajstić information content (AvgIpc) is 2.47. The third-order valence-electron chi connectivity index (χ3n) is 3.73. The minimum Gasteiger partial charge on any atom is -0.479 e. The lowest BCUT2D eigenvalue weighted by molar-refractivity contribution is -0.125. The van der Waals surface area contributed by atoms with Crippen LogP contribution in [0.15, 0.2) is 18.2 Å². The number of amides is 2. The molecule has 1 aliphatic heterocycles. The van der Waals surface area contributed by atoms with E-state index in [1.54, 1.807) is 24.0 Å². The molecule has 2 rings (SSSR count). The first-order chi connectivity index (χ1) is 10.8.